The number of thioether (sulfide) groups is 1. The first-order valence-corrected chi connectivity index (χ1v) is 11.3. The van der Waals surface area contributed by atoms with Gasteiger partial charge in [0.25, 0.3) is 10.0 Å². The van der Waals surface area contributed by atoms with Crippen molar-refractivity contribution in [3.8, 4) is 0 Å². The maximum atomic E-state index is 12.3. The molecule has 7 heteroatoms. The summed E-state index contributed by atoms with van der Waals surface area (Å²) in [5.74, 6) is -0.612. The third kappa shape index (κ3) is 4.54. The molecule has 0 saturated carbocycles. The molecule has 28 heavy (non-hydrogen) atoms. The van der Waals surface area contributed by atoms with Crippen molar-refractivity contribution in [1.82, 2.24) is 9.71 Å². The van der Waals surface area contributed by atoms with Crippen LogP contribution < -0.4 is 4.72 Å². The number of aryl methyl sites for hydroxylation is 4. The third-order valence-corrected chi connectivity index (χ3v) is 6.66. The van der Waals surface area contributed by atoms with Crippen LogP contribution in [0.1, 0.15) is 22.3 Å². The lowest BCUT2D eigenvalue weighted by Crippen LogP contribution is -2.31. The number of aromatic nitrogens is 1. The van der Waals surface area contributed by atoms with Crippen LogP contribution in [-0.4, -0.2) is 25.1 Å². The van der Waals surface area contributed by atoms with Gasteiger partial charge in [-0.25, -0.2) is 18.1 Å². The quantitative estimate of drug-likeness (QED) is 0.637. The van der Waals surface area contributed by atoms with E-state index in [1.807, 2.05) is 33.8 Å². The predicted molar refractivity (Wildman–Crippen MR) is 113 cm³/mol. The molecule has 1 N–H and O–H groups in total. The van der Waals surface area contributed by atoms with Gasteiger partial charge >= 0.3 is 0 Å². The van der Waals surface area contributed by atoms with Gasteiger partial charge in [-0.05, 0) is 63.1 Å². The number of nitrogens with zero attached hydrogens (tertiary/aromatic N) is 1. The highest BCUT2D eigenvalue weighted by Crippen LogP contribution is 2.27. The fourth-order valence-electron chi connectivity index (χ4n) is 2.98. The van der Waals surface area contributed by atoms with E-state index in [9.17, 15) is 13.2 Å². The van der Waals surface area contributed by atoms with Crippen molar-refractivity contribution >= 4 is 38.6 Å². The van der Waals surface area contributed by atoms with Gasteiger partial charge in [0.15, 0.2) is 0 Å². The standard InChI is InChI=1S/C21H22N2O3S2/c1-13-5-7-17(8-6-13)28(25,26)23-19(24)12-27-20-11-15(3)18-10-14(2)9-16(4)21(18)22-20/h5-11H,12H2,1-4H3,(H,23,24). The molecule has 3 aromatic rings. The Morgan fingerprint density at radius 1 is 0.964 bits per heavy atom. The molecular formula is C21H22N2O3S2. The molecule has 0 aliphatic carbocycles. The molecule has 0 bridgehead atoms. The molecule has 0 spiro atoms. The maximum absolute atomic E-state index is 12.3. The van der Waals surface area contributed by atoms with Crippen LogP contribution in [0.4, 0.5) is 0 Å². The molecule has 0 unspecified atom stereocenters. The SMILES string of the molecule is Cc1ccc(S(=O)(=O)NC(=O)CSc2cc(C)c3cc(C)cc(C)c3n2)cc1. The van der Waals surface area contributed by atoms with Gasteiger partial charge in [-0.3, -0.25) is 4.79 Å². The molecule has 2 aromatic carbocycles. The lowest BCUT2D eigenvalue weighted by molar-refractivity contribution is -0.116. The number of hydrogen-bond acceptors (Lipinski definition) is 5. The molecule has 0 radical (unpaired) electrons. The van der Waals surface area contributed by atoms with Crippen LogP contribution in [0, 0.1) is 27.7 Å². The van der Waals surface area contributed by atoms with Crippen LogP contribution in [0.2, 0.25) is 0 Å². The minimum atomic E-state index is -3.87. The average molecular weight is 415 g/mol. The van der Waals surface area contributed by atoms with E-state index in [1.54, 1.807) is 12.1 Å². The van der Waals surface area contributed by atoms with Gasteiger partial charge in [0.1, 0.15) is 0 Å². The number of fused-ring (bicyclic) bond motifs is 1. The average Bonchev–Trinajstić information content (AvgIpc) is 2.61. The molecule has 0 atom stereocenters. The first-order valence-electron chi connectivity index (χ1n) is 8.79. The summed E-state index contributed by atoms with van der Waals surface area (Å²) in [6.07, 6.45) is 0. The molecule has 3 rings (SSSR count). The summed E-state index contributed by atoms with van der Waals surface area (Å²) < 4.78 is 26.7. The van der Waals surface area contributed by atoms with Crippen LogP contribution in [0.5, 0.6) is 0 Å². The van der Waals surface area contributed by atoms with E-state index >= 15 is 0 Å². The number of carbonyl (C=O) groups excluding carboxylic acids is 1. The van der Waals surface area contributed by atoms with Crippen molar-refractivity contribution in [2.45, 2.75) is 37.6 Å². The number of carbonyl (C=O) groups is 1. The third-order valence-electron chi connectivity index (χ3n) is 4.36. The van der Waals surface area contributed by atoms with Gasteiger partial charge in [0, 0.05) is 5.39 Å². The largest absolute Gasteiger partial charge is 0.273 e. The highest BCUT2D eigenvalue weighted by atomic mass is 32.2. The molecule has 1 heterocycles. The van der Waals surface area contributed by atoms with Crippen LogP contribution in [0.3, 0.4) is 0 Å². The Labute approximate surface area is 169 Å². The summed E-state index contributed by atoms with van der Waals surface area (Å²) >= 11 is 1.22. The van der Waals surface area contributed by atoms with Crippen LogP contribution in [0.15, 0.2) is 52.4 Å². The lowest BCUT2D eigenvalue weighted by Gasteiger charge is -2.10. The van der Waals surface area contributed by atoms with Crippen molar-refractivity contribution in [2.75, 3.05) is 5.75 Å². The number of hydrogen-bond donors (Lipinski definition) is 1. The zero-order chi connectivity index (χ0) is 20.5. The van der Waals surface area contributed by atoms with E-state index < -0.39 is 15.9 Å². The Balaban J connectivity index is 1.73. The number of sulfonamides is 1. The van der Waals surface area contributed by atoms with E-state index in [4.69, 9.17) is 0 Å². The van der Waals surface area contributed by atoms with Gasteiger partial charge in [-0.1, -0.05) is 41.1 Å². The summed E-state index contributed by atoms with van der Waals surface area (Å²) in [4.78, 5) is 16.9. The van der Waals surface area contributed by atoms with Crippen molar-refractivity contribution < 1.29 is 13.2 Å². The fourth-order valence-corrected chi connectivity index (χ4v) is 4.83. The Kier molecular flexibility index (Phi) is 5.76. The summed E-state index contributed by atoms with van der Waals surface area (Å²) in [7, 11) is -3.87. The molecule has 146 valence electrons. The van der Waals surface area contributed by atoms with E-state index in [0.717, 1.165) is 27.6 Å². The van der Waals surface area contributed by atoms with Gasteiger partial charge in [0.05, 0.1) is 21.2 Å². The second-order valence-corrected chi connectivity index (χ2v) is 9.56. The molecule has 0 saturated heterocycles. The molecular weight excluding hydrogens is 392 g/mol. The van der Waals surface area contributed by atoms with Crippen molar-refractivity contribution in [3.63, 3.8) is 0 Å². The number of amides is 1. The van der Waals surface area contributed by atoms with Crippen molar-refractivity contribution in [2.24, 2.45) is 0 Å². The number of rotatable bonds is 5. The minimum absolute atomic E-state index is 0.0338. The fraction of sp³-hybridized carbons (Fsp3) is 0.238. The Morgan fingerprint density at radius 3 is 2.32 bits per heavy atom. The van der Waals surface area contributed by atoms with Crippen molar-refractivity contribution in [1.29, 1.82) is 0 Å². The van der Waals surface area contributed by atoms with E-state index in [-0.39, 0.29) is 10.6 Å². The zero-order valence-electron chi connectivity index (χ0n) is 16.2. The summed E-state index contributed by atoms with van der Waals surface area (Å²) in [6.45, 7) is 7.94. The highest BCUT2D eigenvalue weighted by molar-refractivity contribution is 8.00. The lowest BCUT2D eigenvalue weighted by atomic mass is 10.0. The molecule has 1 amide bonds. The molecule has 0 aliphatic rings. The topological polar surface area (TPSA) is 76.1 Å². The smallest absolute Gasteiger partial charge is 0.264 e. The predicted octanol–water partition coefficient (Wildman–Crippen LogP) is 4.07. The summed E-state index contributed by atoms with van der Waals surface area (Å²) in [6, 6.07) is 12.4. The summed E-state index contributed by atoms with van der Waals surface area (Å²) in [5, 5.41) is 1.79. The highest BCUT2D eigenvalue weighted by Gasteiger charge is 2.18. The van der Waals surface area contributed by atoms with E-state index in [0.29, 0.717) is 5.03 Å². The Morgan fingerprint density at radius 2 is 1.64 bits per heavy atom. The number of benzene rings is 2. The van der Waals surface area contributed by atoms with Gasteiger partial charge < -0.3 is 0 Å². The zero-order valence-corrected chi connectivity index (χ0v) is 17.9. The maximum Gasteiger partial charge on any atom is 0.264 e. The van der Waals surface area contributed by atoms with E-state index in [2.05, 4.69) is 21.8 Å². The van der Waals surface area contributed by atoms with E-state index in [1.165, 1.54) is 29.5 Å². The van der Waals surface area contributed by atoms with Gasteiger partial charge in [-0.2, -0.15) is 0 Å². The monoisotopic (exact) mass is 414 g/mol. The molecule has 0 aliphatic heterocycles. The molecule has 1 aromatic heterocycles. The normalized spacial score (nSPS) is 11.6. The summed E-state index contributed by atoms with van der Waals surface area (Å²) in [5.41, 5.74) is 5.18. The second kappa shape index (κ2) is 7.93. The first kappa shape index (κ1) is 20.4. The second-order valence-electron chi connectivity index (χ2n) is 6.89. The molecule has 0 fully saturated rings. The van der Waals surface area contributed by atoms with Gasteiger partial charge in [0.2, 0.25) is 5.91 Å². The Bertz CT molecular complexity index is 1150. The number of nitrogens with one attached hydrogen (secondary N) is 1. The minimum Gasteiger partial charge on any atom is -0.273 e. The number of pyridine rings is 1. The molecule has 5 nitrogen and oxygen atoms in total. The van der Waals surface area contributed by atoms with Crippen LogP contribution >= 0.6 is 11.8 Å². The van der Waals surface area contributed by atoms with Crippen LogP contribution in [0.25, 0.3) is 10.9 Å². The van der Waals surface area contributed by atoms with Crippen molar-refractivity contribution in [3.05, 3.63) is 64.7 Å². The first-order chi connectivity index (χ1) is 13.2. The van der Waals surface area contributed by atoms with Gasteiger partial charge in [-0.15, -0.1) is 0 Å². The van der Waals surface area contributed by atoms with Crippen LogP contribution in [-0.2, 0) is 14.8 Å². The Hall–Kier alpha value is -2.38.